The number of carboxylic acids is 1. The smallest absolute Gasteiger partial charge is 0.356 e. The molecule has 3 aromatic rings. The molecule has 0 spiro atoms. The van der Waals surface area contributed by atoms with E-state index in [2.05, 4.69) is 19.9 Å². The maximum Gasteiger partial charge on any atom is 0.356 e. The van der Waals surface area contributed by atoms with Gasteiger partial charge in [0.1, 0.15) is 5.69 Å². The van der Waals surface area contributed by atoms with Gasteiger partial charge in [0.05, 0.1) is 4.90 Å². The van der Waals surface area contributed by atoms with E-state index in [1.807, 2.05) is 0 Å². The Labute approximate surface area is 143 Å². The minimum absolute atomic E-state index is 0.0667. The first-order valence-corrected chi connectivity index (χ1v) is 9.06. The van der Waals surface area contributed by atoms with Gasteiger partial charge < -0.3 is 10.1 Å². The molecule has 0 atom stereocenters. The number of hydrogen-bond acceptors (Lipinski definition) is 6. The van der Waals surface area contributed by atoms with Crippen LogP contribution >= 0.6 is 0 Å². The number of hydrogen-bond donors (Lipinski definition) is 2. The van der Waals surface area contributed by atoms with Gasteiger partial charge in [-0.05, 0) is 30.7 Å². The van der Waals surface area contributed by atoms with E-state index in [0.29, 0.717) is 28.3 Å². The quantitative estimate of drug-likeness (QED) is 0.730. The number of rotatable bonds is 4. The average Bonchev–Trinajstić information content (AvgIpc) is 2.96. The molecule has 8 nitrogen and oxygen atoms in total. The summed E-state index contributed by atoms with van der Waals surface area (Å²) in [5.41, 5.74) is 2.10. The van der Waals surface area contributed by atoms with Crippen molar-refractivity contribution < 1.29 is 18.3 Å². The second-order valence-corrected chi connectivity index (χ2v) is 7.49. The van der Waals surface area contributed by atoms with Crippen molar-refractivity contribution in [3.63, 3.8) is 0 Å². The van der Waals surface area contributed by atoms with Crippen LogP contribution in [0.4, 0.5) is 0 Å². The van der Waals surface area contributed by atoms with E-state index in [1.165, 1.54) is 18.5 Å². The van der Waals surface area contributed by atoms with Gasteiger partial charge in [0, 0.05) is 36.1 Å². The van der Waals surface area contributed by atoms with Crippen molar-refractivity contribution in [2.24, 2.45) is 0 Å². The summed E-state index contributed by atoms with van der Waals surface area (Å²) in [4.78, 5) is 26.3. The van der Waals surface area contributed by atoms with Gasteiger partial charge in [0.25, 0.3) is 0 Å². The van der Waals surface area contributed by atoms with Gasteiger partial charge in [-0.3, -0.25) is 9.97 Å². The average molecular weight is 358 g/mol. The van der Waals surface area contributed by atoms with E-state index in [4.69, 9.17) is 5.11 Å². The Bertz CT molecular complexity index is 1070. The van der Waals surface area contributed by atoms with Crippen molar-refractivity contribution in [2.45, 2.75) is 11.8 Å². The highest BCUT2D eigenvalue weighted by atomic mass is 32.2. The molecular formula is C16H14N4O4S. The third kappa shape index (κ3) is 3.41. The highest BCUT2D eigenvalue weighted by Gasteiger charge is 2.16. The molecule has 3 rings (SSSR count). The Morgan fingerprint density at radius 3 is 2.60 bits per heavy atom. The molecule has 0 bridgehead atoms. The third-order valence-corrected chi connectivity index (χ3v) is 4.64. The molecule has 0 radical (unpaired) electrons. The van der Waals surface area contributed by atoms with E-state index in [0.717, 1.165) is 6.26 Å². The fraction of sp³-hybridized carbons (Fsp3) is 0.125. The van der Waals surface area contributed by atoms with Gasteiger partial charge >= 0.3 is 5.97 Å². The lowest BCUT2D eigenvalue weighted by atomic mass is 10.1. The summed E-state index contributed by atoms with van der Waals surface area (Å²) in [5.74, 6) is -0.801. The number of aromatic nitrogens is 4. The number of sulfone groups is 1. The van der Waals surface area contributed by atoms with Crippen LogP contribution in [0.15, 0.2) is 41.7 Å². The summed E-state index contributed by atoms with van der Waals surface area (Å²) in [6.07, 6.45) is 5.49. The Balaban J connectivity index is 2.06. The normalized spacial score (nSPS) is 11.4. The molecule has 0 unspecified atom stereocenters. The maximum atomic E-state index is 11.7. The number of aromatic amines is 1. The summed E-state index contributed by atoms with van der Waals surface area (Å²) >= 11 is 0. The minimum atomic E-state index is -3.37. The molecule has 2 N–H and O–H groups in total. The first-order chi connectivity index (χ1) is 11.8. The molecule has 25 heavy (non-hydrogen) atoms. The van der Waals surface area contributed by atoms with E-state index < -0.39 is 15.8 Å². The molecule has 3 aromatic heterocycles. The zero-order valence-corrected chi connectivity index (χ0v) is 14.2. The fourth-order valence-electron chi connectivity index (χ4n) is 2.31. The van der Waals surface area contributed by atoms with E-state index in [9.17, 15) is 13.2 Å². The molecule has 0 aliphatic heterocycles. The summed E-state index contributed by atoms with van der Waals surface area (Å²) in [6.45, 7) is 1.61. The second-order valence-electron chi connectivity index (χ2n) is 5.48. The zero-order valence-electron chi connectivity index (χ0n) is 13.4. The van der Waals surface area contributed by atoms with Crippen molar-refractivity contribution in [3.05, 3.63) is 48.2 Å². The first-order valence-electron chi connectivity index (χ1n) is 7.17. The monoisotopic (exact) mass is 358 g/mol. The molecule has 0 aliphatic carbocycles. The summed E-state index contributed by atoms with van der Waals surface area (Å²) in [5, 5.41) is 9.10. The number of pyridine rings is 2. The topological polar surface area (TPSA) is 126 Å². The van der Waals surface area contributed by atoms with Crippen molar-refractivity contribution in [2.75, 3.05) is 6.26 Å². The van der Waals surface area contributed by atoms with Crippen molar-refractivity contribution >= 4 is 15.8 Å². The van der Waals surface area contributed by atoms with Crippen LogP contribution in [0.2, 0.25) is 0 Å². The van der Waals surface area contributed by atoms with Crippen LogP contribution in [-0.2, 0) is 9.84 Å². The zero-order chi connectivity index (χ0) is 18.2. The number of aromatic carboxylic acids is 1. The van der Waals surface area contributed by atoms with Gasteiger partial charge in [-0.2, -0.15) is 0 Å². The second kappa shape index (κ2) is 6.10. The van der Waals surface area contributed by atoms with Crippen molar-refractivity contribution in [1.29, 1.82) is 0 Å². The number of imidazole rings is 1. The Hall–Kier alpha value is -3.07. The van der Waals surface area contributed by atoms with Crippen LogP contribution in [0.1, 0.15) is 16.2 Å². The molecule has 0 saturated heterocycles. The molecule has 9 heteroatoms. The first kappa shape index (κ1) is 16.8. The molecular weight excluding hydrogens is 344 g/mol. The Kier molecular flexibility index (Phi) is 4.09. The number of aryl methyl sites for hydroxylation is 1. The lowest BCUT2D eigenvalue weighted by Gasteiger charge is -2.05. The number of H-pyrrole nitrogens is 1. The predicted molar refractivity (Wildman–Crippen MR) is 89.9 cm³/mol. The van der Waals surface area contributed by atoms with Crippen LogP contribution in [-0.4, -0.2) is 45.7 Å². The molecule has 0 aliphatic rings. The van der Waals surface area contributed by atoms with E-state index in [-0.39, 0.29) is 10.6 Å². The lowest BCUT2D eigenvalue weighted by Crippen LogP contribution is -1.99. The molecule has 0 amide bonds. The molecule has 128 valence electrons. The molecule has 0 fully saturated rings. The lowest BCUT2D eigenvalue weighted by molar-refractivity contribution is 0.0690. The summed E-state index contributed by atoms with van der Waals surface area (Å²) in [6, 6.07) is 4.92. The van der Waals surface area contributed by atoms with Gasteiger partial charge in [-0.1, -0.05) is 0 Å². The predicted octanol–water partition coefficient (Wildman–Crippen LogP) is 1.94. The summed E-state index contributed by atoms with van der Waals surface area (Å²) in [7, 11) is -3.37. The molecule has 0 saturated carbocycles. The van der Waals surface area contributed by atoms with Crippen LogP contribution < -0.4 is 0 Å². The molecule has 3 heterocycles. The standard InChI is InChI=1S/C16H14N4O4S/c1-9-14(16(21)22)20-15(19-9)13-6-10(3-4-18-13)11-5-12(8-17-7-11)25(2,23)24/h3-8H,1-2H3,(H,19,20)(H,21,22). The Morgan fingerprint density at radius 2 is 1.96 bits per heavy atom. The Morgan fingerprint density at radius 1 is 1.20 bits per heavy atom. The van der Waals surface area contributed by atoms with E-state index in [1.54, 1.807) is 25.3 Å². The van der Waals surface area contributed by atoms with Crippen LogP contribution in [0.25, 0.3) is 22.6 Å². The van der Waals surface area contributed by atoms with E-state index >= 15 is 0 Å². The number of nitrogens with zero attached hydrogens (tertiary/aromatic N) is 3. The SMILES string of the molecule is Cc1[nH]c(-c2cc(-c3cncc(S(C)(=O)=O)c3)ccn2)nc1C(=O)O. The van der Waals surface area contributed by atoms with Gasteiger partial charge in [-0.15, -0.1) is 0 Å². The minimum Gasteiger partial charge on any atom is -0.476 e. The van der Waals surface area contributed by atoms with Gasteiger partial charge in [0.2, 0.25) is 0 Å². The maximum absolute atomic E-state index is 11.7. The summed E-state index contributed by atoms with van der Waals surface area (Å²) < 4.78 is 23.4. The molecule has 0 aromatic carbocycles. The number of carboxylic acid groups (broad SMARTS) is 1. The van der Waals surface area contributed by atoms with Crippen molar-refractivity contribution in [1.82, 2.24) is 19.9 Å². The van der Waals surface area contributed by atoms with Gasteiger partial charge in [-0.25, -0.2) is 18.2 Å². The number of carbonyl (C=O) groups is 1. The fourth-order valence-corrected chi connectivity index (χ4v) is 2.90. The van der Waals surface area contributed by atoms with Crippen molar-refractivity contribution in [3.8, 4) is 22.6 Å². The largest absolute Gasteiger partial charge is 0.476 e. The van der Waals surface area contributed by atoms with Crippen LogP contribution in [0.5, 0.6) is 0 Å². The highest BCUT2D eigenvalue weighted by Crippen LogP contribution is 2.25. The van der Waals surface area contributed by atoms with Gasteiger partial charge in [0.15, 0.2) is 21.4 Å². The van der Waals surface area contributed by atoms with Crippen LogP contribution in [0, 0.1) is 6.92 Å². The van der Waals surface area contributed by atoms with Crippen LogP contribution in [0.3, 0.4) is 0 Å². The third-order valence-electron chi connectivity index (χ3n) is 3.56. The number of nitrogens with one attached hydrogen (secondary N) is 1. The highest BCUT2D eigenvalue weighted by molar-refractivity contribution is 7.90.